The number of carbonyl (C=O) groups is 1. The number of nitrogens with one attached hydrogen (secondary N) is 3. The molecule has 0 fully saturated rings. The van der Waals surface area contributed by atoms with Crippen molar-refractivity contribution in [1.82, 2.24) is 16.2 Å². The standard InChI is InChI=1S/C18H18ClN3O4S/c1-11-6-13(3-4-14(11)19)24-9-17(23)21-22-18(27)20-8-12-2-5-15-16(7-12)26-10-25-15/h2-7H,8-10H2,1H3,(H,21,23)(H2,20,22,27). The Morgan fingerprint density at radius 3 is 2.81 bits per heavy atom. The zero-order valence-electron chi connectivity index (χ0n) is 14.5. The van der Waals surface area contributed by atoms with Gasteiger partial charge in [-0.25, -0.2) is 0 Å². The molecule has 0 atom stereocenters. The molecule has 9 heteroatoms. The Kier molecular flexibility index (Phi) is 6.20. The van der Waals surface area contributed by atoms with E-state index in [4.69, 9.17) is 38.0 Å². The van der Waals surface area contributed by atoms with E-state index < -0.39 is 0 Å². The first kappa shape index (κ1) is 19.1. The number of hydrogen-bond acceptors (Lipinski definition) is 5. The van der Waals surface area contributed by atoms with E-state index in [0.717, 1.165) is 16.9 Å². The average molecular weight is 408 g/mol. The van der Waals surface area contributed by atoms with Crippen LogP contribution < -0.4 is 30.4 Å². The molecule has 1 aliphatic heterocycles. The highest BCUT2D eigenvalue weighted by Gasteiger charge is 2.13. The van der Waals surface area contributed by atoms with Crippen LogP contribution in [-0.4, -0.2) is 24.4 Å². The molecule has 1 amide bonds. The minimum absolute atomic E-state index is 0.154. The first-order valence-electron chi connectivity index (χ1n) is 8.11. The summed E-state index contributed by atoms with van der Waals surface area (Å²) in [4.78, 5) is 11.8. The smallest absolute Gasteiger partial charge is 0.276 e. The van der Waals surface area contributed by atoms with Gasteiger partial charge in [0.25, 0.3) is 5.91 Å². The van der Waals surface area contributed by atoms with Crippen molar-refractivity contribution in [3.63, 3.8) is 0 Å². The number of fused-ring (bicyclic) bond motifs is 1. The number of thiocarbonyl (C=S) groups is 1. The van der Waals surface area contributed by atoms with Crippen molar-refractivity contribution in [3.05, 3.63) is 52.5 Å². The Morgan fingerprint density at radius 1 is 1.19 bits per heavy atom. The normalized spacial score (nSPS) is 11.6. The molecule has 0 bridgehead atoms. The number of amides is 1. The van der Waals surface area contributed by atoms with Gasteiger partial charge in [-0.3, -0.25) is 15.6 Å². The Balaban J connectivity index is 1.37. The maximum absolute atomic E-state index is 11.8. The van der Waals surface area contributed by atoms with Crippen LogP contribution >= 0.6 is 23.8 Å². The summed E-state index contributed by atoms with van der Waals surface area (Å²) in [7, 11) is 0. The largest absolute Gasteiger partial charge is 0.484 e. The van der Waals surface area contributed by atoms with Gasteiger partial charge in [0.2, 0.25) is 6.79 Å². The number of ether oxygens (including phenoxy) is 3. The van der Waals surface area contributed by atoms with E-state index in [1.54, 1.807) is 18.2 Å². The van der Waals surface area contributed by atoms with Crippen LogP contribution in [0.4, 0.5) is 0 Å². The van der Waals surface area contributed by atoms with Crippen molar-refractivity contribution < 1.29 is 19.0 Å². The number of hydrazine groups is 1. The van der Waals surface area contributed by atoms with Gasteiger partial charge in [-0.05, 0) is 60.6 Å². The SMILES string of the molecule is Cc1cc(OCC(=O)NNC(=S)NCc2ccc3c(c2)OCO3)ccc1Cl. The van der Waals surface area contributed by atoms with Crippen LogP contribution in [0.25, 0.3) is 0 Å². The summed E-state index contributed by atoms with van der Waals surface area (Å²) < 4.78 is 16.0. The molecular weight excluding hydrogens is 390 g/mol. The molecule has 142 valence electrons. The molecule has 0 spiro atoms. The van der Waals surface area contributed by atoms with E-state index in [1.807, 2.05) is 25.1 Å². The van der Waals surface area contributed by atoms with E-state index in [0.29, 0.717) is 23.1 Å². The summed E-state index contributed by atoms with van der Waals surface area (Å²) in [5.41, 5.74) is 6.94. The van der Waals surface area contributed by atoms with Crippen LogP contribution in [0.1, 0.15) is 11.1 Å². The lowest BCUT2D eigenvalue weighted by Gasteiger charge is -2.12. The van der Waals surface area contributed by atoms with E-state index >= 15 is 0 Å². The van der Waals surface area contributed by atoms with Crippen LogP contribution in [-0.2, 0) is 11.3 Å². The van der Waals surface area contributed by atoms with E-state index in [1.165, 1.54) is 0 Å². The highest BCUT2D eigenvalue weighted by Crippen LogP contribution is 2.32. The van der Waals surface area contributed by atoms with Gasteiger partial charge < -0.3 is 19.5 Å². The lowest BCUT2D eigenvalue weighted by Crippen LogP contribution is -2.48. The minimum Gasteiger partial charge on any atom is -0.484 e. The van der Waals surface area contributed by atoms with Gasteiger partial charge in [-0.2, -0.15) is 0 Å². The van der Waals surface area contributed by atoms with Crippen LogP contribution in [0.15, 0.2) is 36.4 Å². The predicted molar refractivity (Wildman–Crippen MR) is 105 cm³/mol. The molecule has 0 radical (unpaired) electrons. The van der Waals surface area contributed by atoms with Gasteiger partial charge in [0, 0.05) is 11.6 Å². The van der Waals surface area contributed by atoms with Crippen LogP contribution in [0.3, 0.4) is 0 Å². The molecule has 1 aliphatic rings. The number of hydrogen-bond donors (Lipinski definition) is 3. The fraction of sp³-hybridized carbons (Fsp3) is 0.222. The molecular formula is C18H18ClN3O4S. The zero-order valence-corrected chi connectivity index (χ0v) is 16.1. The highest BCUT2D eigenvalue weighted by molar-refractivity contribution is 7.80. The summed E-state index contributed by atoms with van der Waals surface area (Å²) in [5, 5.41) is 3.91. The lowest BCUT2D eigenvalue weighted by molar-refractivity contribution is -0.123. The molecule has 7 nitrogen and oxygen atoms in total. The van der Waals surface area contributed by atoms with Gasteiger partial charge in [-0.15, -0.1) is 0 Å². The van der Waals surface area contributed by atoms with Gasteiger partial charge in [0.1, 0.15) is 5.75 Å². The van der Waals surface area contributed by atoms with Gasteiger partial charge in [0.05, 0.1) is 0 Å². The van der Waals surface area contributed by atoms with Crippen molar-refractivity contribution in [3.8, 4) is 17.2 Å². The quantitative estimate of drug-likeness (QED) is 0.519. The van der Waals surface area contributed by atoms with Crippen LogP contribution in [0.5, 0.6) is 17.2 Å². The molecule has 2 aromatic rings. The molecule has 0 saturated carbocycles. The lowest BCUT2D eigenvalue weighted by atomic mass is 10.2. The summed E-state index contributed by atoms with van der Waals surface area (Å²) in [6, 6.07) is 10.8. The molecule has 27 heavy (non-hydrogen) atoms. The van der Waals surface area contributed by atoms with Crippen LogP contribution in [0, 0.1) is 6.92 Å². The Morgan fingerprint density at radius 2 is 2.00 bits per heavy atom. The van der Waals surface area contributed by atoms with Crippen molar-refractivity contribution in [2.24, 2.45) is 0 Å². The predicted octanol–water partition coefficient (Wildman–Crippen LogP) is 2.45. The van der Waals surface area contributed by atoms with Crippen molar-refractivity contribution in [1.29, 1.82) is 0 Å². The zero-order chi connectivity index (χ0) is 19.2. The molecule has 3 N–H and O–H groups in total. The van der Waals surface area contributed by atoms with E-state index in [2.05, 4.69) is 16.2 Å². The van der Waals surface area contributed by atoms with Crippen molar-refractivity contribution >= 4 is 34.8 Å². The summed E-state index contributed by atoms with van der Waals surface area (Å²) >= 11 is 11.1. The first-order valence-corrected chi connectivity index (χ1v) is 8.90. The summed E-state index contributed by atoms with van der Waals surface area (Å²) in [6.45, 7) is 2.41. The molecule has 2 aromatic carbocycles. The third-order valence-corrected chi connectivity index (χ3v) is 4.38. The molecule has 1 heterocycles. The number of benzene rings is 2. The monoisotopic (exact) mass is 407 g/mol. The minimum atomic E-state index is -0.366. The first-order chi connectivity index (χ1) is 13.0. The van der Waals surface area contributed by atoms with Gasteiger partial charge in [-0.1, -0.05) is 17.7 Å². The third-order valence-electron chi connectivity index (χ3n) is 3.70. The van der Waals surface area contributed by atoms with Crippen LogP contribution in [0.2, 0.25) is 5.02 Å². The maximum atomic E-state index is 11.8. The number of rotatable bonds is 5. The Labute approximate surface area is 166 Å². The molecule has 0 aliphatic carbocycles. The fourth-order valence-corrected chi connectivity index (χ4v) is 2.54. The topological polar surface area (TPSA) is 80.9 Å². The fourth-order valence-electron chi connectivity index (χ4n) is 2.30. The second-order valence-corrected chi connectivity index (χ2v) is 6.56. The summed E-state index contributed by atoms with van der Waals surface area (Å²) in [5.74, 6) is 1.63. The van der Waals surface area contributed by atoms with E-state index in [9.17, 15) is 4.79 Å². The van der Waals surface area contributed by atoms with Crippen molar-refractivity contribution in [2.45, 2.75) is 13.5 Å². The molecule has 0 aromatic heterocycles. The van der Waals surface area contributed by atoms with Gasteiger partial charge >= 0.3 is 0 Å². The van der Waals surface area contributed by atoms with E-state index in [-0.39, 0.29) is 24.4 Å². The van der Waals surface area contributed by atoms with Crippen molar-refractivity contribution in [2.75, 3.05) is 13.4 Å². The highest BCUT2D eigenvalue weighted by atomic mass is 35.5. The molecule has 0 saturated heterocycles. The second-order valence-electron chi connectivity index (χ2n) is 5.74. The second kappa shape index (κ2) is 8.79. The average Bonchev–Trinajstić information content (AvgIpc) is 3.13. The number of halogens is 1. The maximum Gasteiger partial charge on any atom is 0.276 e. The number of carbonyl (C=O) groups excluding carboxylic acids is 1. The third kappa shape index (κ3) is 5.38. The Hall–Kier alpha value is -2.71. The Bertz CT molecular complexity index is 862. The van der Waals surface area contributed by atoms with Gasteiger partial charge in [0.15, 0.2) is 23.2 Å². The summed E-state index contributed by atoms with van der Waals surface area (Å²) in [6.07, 6.45) is 0. The number of aryl methyl sites for hydroxylation is 1. The molecule has 3 rings (SSSR count). The molecule has 0 unspecified atom stereocenters.